The van der Waals surface area contributed by atoms with Gasteiger partial charge in [0, 0.05) is 0 Å². The van der Waals surface area contributed by atoms with E-state index in [1.807, 2.05) is 0 Å². The Morgan fingerprint density at radius 2 is 0.372 bits per heavy atom. The fraction of sp³-hybridized carbons (Fsp3) is 0.162. The van der Waals surface area contributed by atoms with Crippen LogP contribution in [0.3, 0.4) is 0 Å². The lowest BCUT2D eigenvalue weighted by molar-refractivity contribution is -0.650. The summed E-state index contributed by atoms with van der Waals surface area (Å²) in [6.45, 7) is 11.9. The Morgan fingerprint density at radius 3 is 0.538 bits per heavy atom. The van der Waals surface area contributed by atoms with Crippen LogP contribution in [0.15, 0.2) is 194 Å². The number of halogens is 8. The van der Waals surface area contributed by atoms with E-state index in [0.29, 0.717) is 0 Å². The van der Waals surface area contributed by atoms with Gasteiger partial charge in [0.1, 0.15) is 68.4 Å². The number of carbonyl (C=O) groups excluding carboxylic acids is 8. The lowest BCUT2D eigenvalue weighted by Gasteiger charge is -2.17. The highest BCUT2D eigenvalue weighted by Crippen LogP contribution is 2.55. The Morgan fingerprint density at radius 1 is 0.221 bits per heavy atom. The molecule has 0 saturated heterocycles. The average Bonchev–Trinajstić information content (AvgIpc) is 1.55. The van der Waals surface area contributed by atoms with Gasteiger partial charge in [-0.3, -0.25) is 0 Å². The highest BCUT2D eigenvalue weighted by atomic mass is 19.2. The highest BCUT2D eigenvalue weighted by molar-refractivity contribution is 6.10. The third-order valence-electron chi connectivity index (χ3n) is 21.9. The predicted octanol–water partition coefficient (Wildman–Crippen LogP) is 23.2. The third kappa shape index (κ3) is 19.5. The number of hydrogen-bond acceptors (Lipinski definition) is 29. The molecule has 3 aromatic heterocycles. The van der Waals surface area contributed by atoms with Crippen LogP contribution in [-0.4, -0.2) is 135 Å². The number of aromatic nitrogens is 8. The predicted molar refractivity (Wildman–Crippen MR) is 499 cm³/mol. The molecule has 0 amide bonds. The molecule has 2 aliphatic rings. The first-order valence-electron chi connectivity index (χ1n) is 44.7. The number of nitrogens with one attached hydrogen (secondary N) is 2. The van der Waals surface area contributed by atoms with Crippen LogP contribution in [0.1, 0.15) is 138 Å². The van der Waals surface area contributed by atoms with Gasteiger partial charge in [-0.2, -0.15) is 0 Å². The fourth-order valence-electron chi connectivity index (χ4n) is 15.3. The van der Waals surface area contributed by atoms with E-state index in [0.717, 1.165) is 109 Å². The minimum atomic E-state index is -1.72. The lowest BCUT2D eigenvalue weighted by atomic mass is 10.0. The summed E-state index contributed by atoms with van der Waals surface area (Å²) in [5.74, 6) is -36.6. The van der Waals surface area contributed by atoms with Gasteiger partial charge in [-0.1, -0.05) is 9.97 Å². The molecule has 5 heterocycles. The van der Waals surface area contributed by atoms with E-state index in [9.17, 15) is 38.4 Å². The van der Waals surface area contributed by atoms with Crippen molar-refractivity contribution in [3.05, 3.63) is 285 Å². The van der Waals surface area contributed by atoms with E-state index in [2.05, 4.69) is 15.0 Å². The van der Waals surface area contributed by atoms with Gasteiger partial charge in [-0.05, 0) is 250 Å². The monoisotopic (exact) mass is 1990 g/mol. The number of carbonyl (C=O) groups is 8. The van der Waals surface area contributed by atoms with Crippen LogP contribution in [-0.2, 0) is 44.9 Å². The summed E-state index contributed by atoms with van der Waals surface area (Å²) in [5, 5.41) is -4.40. The standard InChI is InChI=1S/C105H76F8N8O24/c1-10-130-98(122)50-18-34-58(35-19-50)138-82-74(106)66-67(75(107)83(82)139-59-36-20-51(21-37-59)99(123)131-11-2)91-114-90(66)115-92-68-70(78(110)86(142-62-42-26-54(27-43-62)102(126)134-14-5)84(76(68)108)140-60-38-22-52(23-39-60)100(124)132-12-3)94(117-92)119-96-72-73(81(113)89(145-65-48-32-57(33-49-65)105(129)137-17-8)88(80(72)112)144-64-46-30-56(31-47-64)104(128)136-16-7)97(121(96)9)120-95-71-69(93(116-91)118-95)77(109)85(141-61-40-24-53(25-41-61)101(125)133-13-4)87(79(71)111)143-63-44-28-55(29-45-63)103(127)135-15-6/h18-49H,10-17H2,1-9H3,(H,114,115,116,117,118,119,120)/p+1. The second-order valence-electron chi connectivity index (χ2n) is 31.0. The molecule has 2 N–H and O–H groups in total. The molecule has 145 heavy (non-hydrogen) atoms. The third-order valence-corrected chi connectivity index (χ3v) is 21.9. The van der Waals surface area contributed by atoms with E-state index in [1.165, 1.54) is 97.1 Å². The summed E-state index contributed by atoms with van der Waals surface area (Å²) in [7, 11) is 1.06. The smallest absolute Gasteiger partial charge is 0.338 e. The van der Waals surface area contributed by atoms with E-state index in [-0.39, 0.29) is 143 Å². The number of rotatable bonds is 32. The zero-order valence-electron chi connectivity index (χ0n) is 77.6. The molecular formula is C105H77F8N8O24+. The van der Waals surface area contributed by atoms with Crippen molar-refractivity contribution in [2.75, 3.05) is 52.9 Å². The summed E-state index contributed by atoms with van der Waals surface area (Å²) < 4.78 is 251. The van der Waals surface area contributed by atoms with Crippen molar-refractivity contribution in [2.45, 2.75) is 55.4 Å². The molecule has 0 saturated carbocycles. The number of ether oxygens (including phenoxy) is 16. The normalized spacial score (nSPS) is 11.2. The molecule has 2 aliphatic heterocycles. The zero-order chi connectivity index (χ0) is 102. The second kappa shape index (κ2) is 41.9. The van der Waals surface area contributed by atoms with Crippen LogP contribution in [0.5, 0.6) is 92.0 Å². The summed E-state index contributed by atoms with van der Waals surface area (Å²) in [4.78, 5) is 134. The molecular weight excluding hydrogens is 1910 g/mol. The van der Waals surface area contributed by atoms with Crippen molar-refractivity contribution in [3.8, 4) is 138 Å². The first-order valence-corrected chi connectivity index (χ1v) is 44.7. The van der Waals surface area contributed by atoms with Crippen LogP contribution >= 0.6 is 0 Å². The van der Waals surface area contributed by atoms with Gasteiger partial charge in [-0.25, -0.2) is 93.0 Å². The number of H-pyrrole nitrogens is 2. The van der Waals surface area contributed by atoms with Crippen molar-refractivity contribution in [1.29, 1.82) is 0 Å². The Hall–Kier alpha value is -18.4. The number of nitrogens with zero attached hydrogens (tertiary/aromatic N) is 6. The Labute approximate surface area is 814 Å². The molecule has 0 atom stereocenters. The van der Waals surface area contributed by atoms with Crippen LogP contribution in [0.2, 0.25) is 0 Å². The molecule has 0 fully saturated rings. The zero-order valence-corrected chi connectivity index (χ0v) is 77.6. The van der Waals surface area contributed by atoms with Gasteiger partial charge in [-0.15, -0.1) is 0 Å². The van der Waals surface area contributed by atoms with Crippen LogP contribution in [0.25, 0.3) is 89.7 Å². The number of benzene rings is 12. The molecule has 40 heteroatoms. The quantitative estimate of drug-likeness (QED) is 0.0171. The maximum Gasteiger partial charge on any atom is 0.338 e. The SMILES string of the molecule is CCOC(=O)c1ccc(Oc2c(F)c3c(c(F)c2Oc2ccc(C(=O)OCC)cc2)-c2nc-3nc3[nH]c(nc4[n+](C)c(nc5[nH]c(n2)c2c(F)c(Oc6ccc(C(=O)OCC)cc6)c(Oc6ccc(C(=O)OCC)cc6)c(F)c52)-c2c(F)c(Oc5ccc(C(=O)OCC)cc5)c(Oc5ccc(C(=O)OCC)cc5)c(F)c2-4)c2c(F)c(Oc4ccc(C(=O)OCC)cc4)c(Oc4ccc(C(=O)OCC)cc4)c(F)c32)cc1. The molecule has 12 aromatic carbocycles. The average molecular weight is 1990 g/mol. The molecule has 0 radical (unpaired) electrons. The molecule has 17 rings (SSSR count). The lowest BCUT2D eigenvalue weighted by Crippen LogP contribution is -2.31. The van der Waals surface area contributed by atoms with Crippen molar-refractivity contribution < 1.29 is 154 Å². The van der Waals surface area contributed by atoms with Crippen molar-refractivity contribution in [3.63, 3.8) is 0 Å². The van der Waals surface area contributed by atoms with Gasteiger partial charge in [0.25, 0.3) is 11.6 Å². The van der Waals surface area contributed by atoms with Gasteiger partial charge >= 0.3 is 47.8 Å². The first kappa shape index (κ1) is 98.2. The summed E-state index contributed by atoms with van der Waals surface area (Å²) in [6.07, 6.45) is 0. The Balaban J connectivity index is 1.05. The molecule has 32 nitrogen and oxygen atoms in total. The largest absolute Gasteiger partial charge is 0.462 e. The van der Waals surface area contributed by atoms with E-state index >= 15 is 35.1 Å². The van der Waals surface area contributed by atoms with E-state index in [4.69, 9.17) is 95.7 Å². The van der Waals surface area contributed by atoms with E-state index in [1.54, 1.807) is 55.4 Å². The van der Waals surface area contributed by atoms with Gasteiger partial charge in [0.2, 0.25) is 57.3 Å². The van der Waals surface area contributed by atoms with Gasteiger partial charge < -0.3 is 85.8 Å². The minimum absolute atomic E-state index is 0.0539. The maximum atomic E-state index is 19.8. The van der Waals surface area contributed by atoms with Crippen LogP contribution < -0.4 is 42.5 Å². The molecule has 15 aromatic rings. The van der Waals surface area contributed by atoms with E-state index < -0.39 is 230 Å². The summed E-state index contributed by atoms with van der Waals surface area (Å²) in [5.41, 5.74) is -8.95. The Kier molecular flexibility index (Phi) is 28.4. The molecule has 0 spiro atoms. The Bertz CT molecular complexity index is 7460. The van der Waals surface area contributed by atoms with Gasteiger partial charge in [0.15, 0.2) is 58.2 Å². The van der Waals surface area contributed by atoms with Gasteiger partial charge in [0.05, 0.1) is 137 Å². The van der Waals surface area contributed by atoms with Crippen LogP contribution in [0, 0.1) is 46.5 Å². The van der Waals surface area contributed by atoms with Crippen molar-refractivity contribution in [1.82, 2.24) is 34.9 Å². The first-order chi connectivity index (χ1) is 70.0. The summed E-state index contributed by atoms with van der Waals surface area (Å²) >= 11 is 0. The minimum Gasteiger partial charge on any atom is -0.462 e. The molecule has 0 unspecified atom stereocenters. The maximum absolute atomic E-state index is 19.8. The number of fused-ring (bicyclic) bond motifs is 20. The van der Waals surface area contributed by atoms with Crippen molar-refractivity contribution >= 4 is 91.9 Å². The number of aromatic amines is 2. The van der Waals surface area contributed by atoms with Crippen LogP contribution in [0.4, 0.5) is 35.1 Å². The topological polar surface area (TPSA) is 384 Å². The van der Waals surface area contributed by atoms with Crippen molar-refractivity contribution in [2.24, 2.45) is 7.05 Å². The number of hydrogen-bond donors (Lipinski definition) is 2. The summed E-state index contributed by atoms with van der Waals surface area (Å²) in [6, 6.07) is 37.7. The second-order valence-corrected chi connectivity index (χ2v) is 31.0. The highest BCUT2D eigenvalue weighted by Gasteiger charge is 2.44. The molecule has 736 valence electrons. The fourth-order valence-corrected chi connectivity index (χ4v) is 15.3. The molecule has 0 aliphatic carbocycles. The molecule has 8 bridgehead atoms. The number of esters is 8.